The van der Waals surface area contributed by atoms with Gasteiger partial charge in [-0.25, -0.2) is 0 Å². The second-order valence-corrected chi connectivity index (χ2v) is 8.36. The number of hydrogen-bond donors (Lipinski definition) is 1. The van der Waals surface area contributed by atoms with Crippen LogP contribution in [0.3, 0.4) is 0 Å². The van der Waals surface area contributed by atoms with Crippen LogP contribution in [0.4, 0.5) is 0 Å². The Balaban J connectivity index is 1.67. The van der Waals surface area contributed by atoms with Gasteiger partial charge in [0.15, 0.2) is 0 Å². The van der Waals surface area contributed by atoms with E-state index >= 15 is 0 Å². The normalized spacial score (nSPS) is 11.6. The average Bonchev–Trinajstić information content (AvgIpc) is 3.39. The summed E-state index contributed by atoms with van der Waals surface area (Å²) in [6.07, 6.45) is 1.75. The molecule has 0 aliphatic carbocycles. The zero-order valence-electron chi connectivity index (χ0n) is 18.6. The van der Waals surface area contributed by atoms with Crippen LogP contribution >= 0.6 is 11.6 Å². The Kier molecular flexibility index (Phi) is 7.79. The maximum Gasteiger partial charge on any atom is 0.247 e. The van der Waals surface area contributed by atoms with Gasteiger partial charge in [0.25, 0.3) is 0 Å². The first-order chi connectivity index (χ1) is 16.6. The maximum atomic E-state index is 13.6. The van der Waals surface area contributed by atoms with Crippen molar-refractivity contribution >= 4 is 23.4 Å². The molecule has 1 heterocycles. The monoisotopic (exact) mass is 472 g/mol. The largest absolute Gasteiger partial charge is 0.467 e. The molecule has 0 saturated carbocycles. The van der Waals surface area contributed by atoms with Crippen molar-refractivity contribution in [2.24, 2.45) is 0 Å². The minimum atomic E-state index is -0.817. The number of halogens is 1. The molecule has 0 saturated heterocycles. The second kappa shape index (κ2) is 11.3. The molecule has 0 bridgehead atoms. The summed E-state index contributed by atoms with van der Waals surface area (Å²) in [5, 5.41) is 3.54. The van der Waals surface area contributed by atoms with E-state index in [1.165, 1.54) is 0 Å². The van der Waals surface area contributed by atoms with Crippen molar-refractivity contribution in [1.82, 2.24) is 10.2 Å². The van der Waals surface area contributed by atoms with E-state index in [1.807, 2.05) is 72.8 Å². The van der Waals surface area contributed by atoms with E-state index in [2.05, 4.69) is 5.32 Å². The van der Waals surface area contributed by atoms with Crippen molar-refractivity contribution < 1.29 is 14.0 Å². The smallest absolute Gasteiger partial charge is 0.247 e. The van der Waals surface area contributed by atoms with Crippen LogP contribution < -0.4 is 5.32 Å². The Morgan fingerprint density at radius 3 is 2.15 bits per heavy atom. The Morgan fingerprint density at radius 2 is 1.50 bits per heavy atom. The Hall–Kier alpha value is -3.83. The van der Waals surface area contributed by atoms with Gasteiger partial charge >= 0.3 is 0 Å². The predicted octanol–water partition coefficient (Wildman–Crippen LogP) is 5.56. The molecule has 1 atom stereocenters. The molecule has 0 aliphatic heterocycles. The van der Waals surface area contributed by atoms with Crippen molar-refractivity contribution in [3.8, 4) is 0 Å². The van der Waals surface area contributed by atoms with Gasteiger partial charge in [0.05, 0.1) is 19.2 Å². The lowest BCUT2D eigenvalue weighted by Crippen LogP contribution is -2.43. The number of rotatable bonds is 9. The number of nitrogens with zero attached hydrogens (tertiary/aromatic N) is 1. The van der Waals surface area contributed by atoms with E-state index in [4.69, 9.17) is 16.0 Å². The molecule has 34 heavy (non-hydrogen) atoms. The fourth-order valence-electron chi connectivity index (χ4n) is 3.77. The van der Waals surface area contributed by atoms with Gasteiger partial charge in [-0.3, -0.25) is 9.59 Å². The average molecular weight is 473 g/mol. The van der Waals surface area contributed by atoms with Gasteiger partial charge < -0.3 is 14.6 Å². The van der Waals surface area contributed by atoms with Crippen molar-refractivity contribution in [2.75, 3.05) is 0 Å². The molecule has 0 radical (unpaired) electrons. The molecular formula is C28H25ClN2O3. The fraction of sp³-hybridized carbons (Fsp3) is 0.143. The van der Waals surface area contributed by atoms with E-state index in [-0.39, 0.29) is 31.3 Å². The number of furan rings is 1. The van der Waals surface area contributed by atoms with Gasteiger partial charge in [-0.05, 0) is 41.0 Å². The summed E-state index contributed by atoms with van der Waals surface area (Å²) in [7, 11) is 0. The highest BCUT2D eigenvalue weighted by molar-refractivity contribution is 6.30. The van der Waals surface area contributed by atoms with Crippen molar-refractivity contribution in [2.45, 2.75) is 25.6 Å². The fourth-order valence-corrected chi connectivity index (χ4v) is 3.90. The quantitative estimate of drug-likeness (QED) is 0.347. The van der Waals surface area contributed by atoms with Gasteiger partial charge in [-0.15, -0.1) is 0 Å². The SMILES string of the molecule is O=C(NCc1ccco1)C(c1ccccc1)N(Cc1ccc(Cl)cc1)C(=O)Cc1ccccc1. The lowest BCUT2D eigenvalue weighted by atomic mass is 10.0. The molecule has 3 aromatic carbocycles. The van der Waals surface area contributed by atoms with E-state index in [9.17, 15) is 9.59 Å². The number of carbonyl (C=O) groups excluding carboxylic acids is 2. The molecule has 172 valence electrons. The molecular weight excluding hydrogens is 448 g/mol. The summed E-state index contributed by atoms with van der Waals surface area (Å²) < 4.78 is 5.36. The zero-order valence-corrected chi connectivity index (χ0v) is 19.3. The number of hydrogen-bond acceptors (Lipinski definition) is 3. The third-order valence-corrected chi connectivity index (χ3v) is 5.73. The summed E-state index contributed by atoms with van der Waals surface area (Å²) >= 11 is 6.06. The molecule has 1 N–H and O–H groups in total. The maximum absolute atomic E-state index is 13.6. The van der Waals surface area contributed by atoms with E-state index in [0.29, 0.717) is 10.8 Å². The highest BCUT2D eigenvalue weighted by Gasteiger charge is 2.31. The number of amides is 2. The van der Waals surface area contributed by atoms with Crippen LogP contribution in [0.2, 0.25) is 5.02 Å². The first-order valence-corrected chi connectivity index (χ1v) is 11.4. The van der Waals surface area contributed by atoms with Gasteiger partial charge in [0, 0.05) is 11.6 Å². The van der Waals surface area contributed by atoms with Crippen LogP contribution in [0, 0.1) is 0 Å². The van der Waals surface area contributed by atoms with Crippen LogP contribution in [-0.4, -0.2) is 16.7 Å². The summed E-state index contributed by atoms with van der Waals surface area (Å²) in [5.41, 5.74) is 2.50. The third kappa shape index (κ3) is 6.15. The summed E-state index contributed by atoms with van der Waals surface area (Å²) in [4.78, 5) is 28.8. The summed E-state index contributed by atoms with van der Waals surface area (Å²) in [6, 6.07) is 28.9. The van der Waals surface area contributed by atoms with Crippen LogP contribution in [0.25, 0.3) is 0 Å². The number of carbonyl (C=O) groups is 2. The highest BCUT2D eigenvalue weighted by atomic mass is 35.5. The number of nitrogens with one attached hydrogen (secondary N) is 1. The first-order valence-electron chi connectivity index (χ1n) is 11.0. The Labute approximate surface area is 204 Å². The van der Waals surface area contributed by atoms with Crippen LogP contribution in [0.1, 0.15) is 28.5 Å². The molecule has 2 amide bonds. The first kappa shape index (κ1) is 23.3. The lowest BCUT2D eigenvalue weighted by molar-refractivity contribution is -0.141. The van der Waals surface area contributed by atoms with Gasteiger partial charge in [0.1, 0.15) is 11.8 Å². The minimum absolute atomic E-state index is 0.150. The second-order valence-electron chi connectivity index (χ2n) is 7.92. The lowest BCUT2D eigenvalue weighted by Gasteiger charge is -2.31. The van der Waals surface area contributed by atoms with E-state index in [1.54, 1.807) is 35.4 Å². The molecule has 1 unspecified atom stereocenters. The van der Waals surface area contributed by atoms with E-state index in [0.717, 1.165) is 16.7 Å². The standard InChI is InChI=1S/C28H25ClN2O3/c29-24-15-13-22(14-16-24)20-31(26(32)18-21-8-3-1-4-9-21)27(23-10-5-2-6-11-23)28(33)30-19-25-12-7-17-34-25/h1-17,27H,18-20H2,(H,30,33). The minimum Gasteiger partial charge on any atom is -0.467 e. The van der Waals surface area contributed by atoms with Gasteiger partial charge in [-0.1, -0.05) is 84.4 Å². The van der Waals surface area contributed by atoms with Crippen LogP contribution in [0.5, 0.6) is 0 Å². The van der Waals surface area contributed by atoms with Gasteiger partial charge in [0.2, 0.25) is 11.8 Å². The Bertz CT molecular complexity index is 1190. The molecule has 5 nitrogen and oxygen atoms in total. The van der Waals surface area contributed by atoms with Crippen molar-refractivity contribution in [3.63, 3.8) is 0 Å². The zero-order chi connectivity index (χ0) is 23.8. The van der Waals surface area contributed by atoms with Gasteiger partial charge in [-0.2, -0.15) is 0 Å². The molecule has 6 heteroatoms. The molecule has 0 fully saturated rings. The van der Waals surface area contributed by atoms with Crippen molar-refractivity contribution in [3.05, 3.63) is 131 Å². The number of benzene rings is 3. The predicted molar refractivity (Wildman–Crippen MR) is 132 cm³/mol. The summed E-state index contributed by atoms with van der Waals surface area (Å²) in [6.45, 7) is 0.493. The third-order valence-electron chi connectivity index (χ3n) is 5.48. The van der Waals surface area contributed by atoms with Crippen LogP contribution in [0.15, 0.2) is 108 Å². The molecule has 4 aromatic rings. The van der Waals surface area contributed by atoms with Crippen molar-refractivity contribution in [1.29, 1.82) is 0 Å². The van der Waals surface area contributed by atoms with E-state index < -0.39 is 6.04 Å². The molecule has 0 aliphatic rings. The molecule has 1 aromatic heterocycles. The molecule has 4 rings (SSSR count). The Morgan fingerprint density at radius 1 is 0.824 bits per heavy atom. The topological polar surface area (TPSA) is 62.6 Å². The summed E-state index contributed by atoms with van der Waals surface area (Å²) in [5.74, 6) is 0.209. The van der Waals surface area contributed by atoms with Crippen LogP contribution in [-0.2, 0) is 29.1 Å². The molecule has 0 spiro atoms. The highest BCUT2D eigenvalue weighted by Crippen LogP contribution is 2.25.